The number of benzene rings is 4. The second-order valence-electron chi connectivity index (χ2n) is 8.61. The molecule has 2 saturated heterocycles. The Morgan fingerprint density at radius 3 is 1.55 bits per heavy atom. The third kappa shape index (κ3) is 2.54. The molecule has 152 valence electrons. The Balaban J connectivity index is 0.934. The largest absolute Gasteiger partial charge is 0.449 e. The van der Waals surface area contributed by atoms with E-state index in [1.807, 2.05) is 12.1 Å². The molecule has 5 nitrogen and oxygen atoms in total. The van der Waals surface area contributed by atoms with Gasteiger partial charge in [-0.05, 0) is 34.0 Å². The Hall–Kier alpha value is -3.12. The molecule has 4 aromatic rings. The van der Waals surface area contributed by atoms with Gasteiger partial charge in [0.25, 0.3) is 0 Å². The Morgan fingerprint density at radius 1 is 0.613 bits per heavy atom. The van der Waals surface area contributed by atoms with E-state index in [1.54, 1.807) is 0 Å². The summed E-state index contributed by atoms with van der Waals surface area (Å²) in [5.41, 5.74) is 2.39. The number of epoxide rings is 2. The standard InChI is InChI=1S/C26H18O5/c1-3-7-15-13(5-1)17(9-19-23(15)28-19)25-21(30-25)11-27-12-22-26(31-22)18-10-20-24(29-20)16-8-4-2-6-14(16)18/h1-10,21-22,25-26H,11-12H2. The maximum absolute atomic E-state index is 5.98. The molecule has 0 radical (unpaired) electrons. The summed E-state index contributed by atoms with van der Waals surface area (Å²) in [5.74, 6) is 3.94. The molecule has 4 unspecified atom stereocenters. The molecule has 4 atom stereocenters. The van der Waals surface area contributed by atoms with Crippen LogP contribution in [-0.2, 0) is 14.2 Å². The zero-order chi connectivity index (χ0) is 20.1. The zero-order valence-corrected chi connectivity index (χ0v) is 16.5. The van der Waals surface area contributed by atoms with Crippen molar-refractivity contribution in [3.05, 3.63) is 71.8 Å². The first-order valence-corrected chi connectivity index (χ1v) is 10.7. The van der Waals surface area contributed by atoms with E-state index in [9.17, 15) is 0 Å². The summed E-state index contributed by atoms with van der Waals surface area (Å²) < 4.78 is 29.1. The summed E-state index contributed by atoms with van der Waals surface area (Å²) in [7, 11) is 0. The molecule has 8 rings (SSSR count). The number of fused-ring (bicyclic) bond motifs is 6. The molecule has 2 fully saturated rings. The molecule has 0 N–H and O–H groups in total. The summed E-state index contributed by atoms with van der Waals surface area (Å²) in [5, 5.41) is 4.74. The van der Waals surface area contributed by atoms with Gasteiger partial charge in [0.1, 0.15) is 24.4 Å². The minimum Gasteiger partial charge on any atom is -0.449 e. The fourth-order valence-electron chi connectivity index (χ4n) is 4.90. The highest BCUT2D eigenvalue weighted by Gasteiger charge is 2.46. The van der Waals surface area contributed by atoms with Gasteiger partial charge in [0.15, 0.2) is 23.0 Å². The van der Waals surface area contributed by atoms with E-state index in [4.69, 9.17) is 23.7 Å². The number of ether oxygens (including phenoxy) is 5. The first-order valence-electron chi connectivity index (χ1n) is 10.7. The molecule has 0 amide bonds. The zero-order valence-electron chi connectivity index (χ0n) is 16.5. The van der Waals surface area contributed by atoms with Gasteiger partial charge in [-0.15, -0.1) is 0 Å². The molecule has 4 aromatic carbocycles. The van der Waals surface area contributed by atoms with E-state index >= 15 is 0 Å². The third-order valence-corrected chi connectivity index (χ3v) is 6.67. The molecule has 31 heavy (non-hydrogen) atoms. The highest BCUT2D eigenvalue weighted by Crippen LogP contribution is 2.56. The molecule has 4 heterocycles. The molecule has 0 bridgehead atoms. The van der Waals surface area contributed by atoms with Gasteiger partial charge in [0.2, 0.25) is 0 Å². The molecule has 0 aliphatic carbocycles. The average molecular weight is 410 g/mol. The Bertz CT molecular complexity index is 1300. The van der Waals surface area contributed by atoms with Gasteiger partial charge < -0.3 is 23.7 Å². The molecule has 5 heteroatoms. The second kappa shape index (κ2) is 5.77. The van der Waals surface area contributed by atoms with E-state index in [0.717, 1.165) is 23.0 Å². The lowest BCUT2D eigenvalue weighted by Crippen LogP contribution is -2.08. The predicted molar refractivity (Wildman–Crippen MR) is 114 cm³/mol. The molecular weight excluding hydrogens is 392 g/mol. The fourth-order valence-corrected chi connectivity index (χ4v) is 4.90. The highest BCUT2D eigenvalue weighted by molar-refractivity contribution is 5.98. The summed E-state index contributed by atoms with van der Waals surface area (Å²) >= 11 is 0. The van der Waals surface area contributed by atoms with Gasteiger partial charge >= 0.3 is 0 Å². The van der Waals surface area contributed by atoms with Crippen molar-refractivity contribution >= 4 is 21.5 Å². The van der Waals surface area contributed by atoms with Crippen LogP contribution in [0.1, 0.15) is 23.3 Å². The van der Waals surface area contributed by atoms with Crippen LogP contribution in [0.3, 0.4) is 0 Å². The minimum atomic E-state index is 0.0700. The van der Waals surface area contributed by atoms with Gasteiger partial charge in [-0.2, -0.15) is 0 Å². The minimum absolute atomic E-state index is 0.0700. The van der Waals surface area contributed by atoms with E-state index in [1.165, 1.54) is 32.7 Å². The molecular formula is C26H18O5. The van der Waals surface area contributed by atoms with Crippen LogP contribution in [0.2, 0.25) is 0 Å². The summed E-state index contributed by atoms with van der Waals surface area (Å²) in [6, 6.07) is 20.9. The van der Waals surface area contributed by atoms with Crippen molar-refractivity contribution in [2.45, 2.75) is 24.4 Å². The van der Waals surface area contributed by atoms with Crippen LogP contribution in [0.25, 0.3) is 21.5 Å². The Kier molecular flexibility index (Phi) is 3.08. The maximum atomic E-state index is 5.98. The fraction of sp³-hybridized carbons (Fsp3) is 0.231. The second-order valence-corrected chi connectivity index (χ2v) is 8.61. The van der Waals surface area contributed by atoms with E-state index in [-0.39, 0.29) is 24.4 Å². The van der Waals surface area contributed by atoms with Crippen LogP contribution in [0.15, 0.2) is 60.7 Å². The maximum Gasteiger partial charge on any atom is 0.177 e. The lowest BCUT2D eigenvalue weighted by molar-refractivity contribution is 0.102. The van der Waals surface area contributed by atoms with Crippen molar-refractivity contribution in [3.63, 3.8) is 0 Å². The number of hydrogen-bond acceptors (Lipinski definition) is 5. The van der Waals surface area contributed by atoms with Gasteiger partial charge in [-0.3, -0.25) is 0 Å². The smallest absolute Gasteiger partial charge is 0.177 e. The molecule has 4 aliphatic heterocycles. The van der Waals surface area contributed by atoms with E-state index in [0.29, 0.717) is 13.2 Å². The molecule has 0 aromatic heterocycles. The van der Waals surface area contributed by atoms with Crippen molar-refractivity contribution in [1.82, 2.24) is 0 Å². The van der Waals surface area contributed by atoms with Crippen LogP contribution < -0.4 is 9.47 Å². The Morgan fingerprint density at radius 2 is 1.06 bits per heavy atom. The first-order chi connectivity index (χ1) is 15.3. The van der Waals surface area contributed by atoms with Gasteiger partial charge in [0.05, 0.1) is 13.2 Å². The Labute approximate surface area is 178 Å². The van der Waals surface area contributed by atoms with E-state index < -0.39 is 0 Å². The molecule has 0 saturated carbocycles. The van der Waals surface area contributed by atoms with Crippen LogP contribution >= 0.6 is 0 Å². The highest BCUT2D eigenvalue weighted by atomic mass is 16.6. The number of hydrogen-bond donors (Lipinski definition) is 0. The van der Waals surface area contributed by atoms with E-state index in [2.05, 4.69) is 48.5 Å². The van der Waals surface area contributed by atoms with Gasteiger partial charge in [-0.25, -0.2) is 0 Å². The number of rotatable bonds is 6. The summed E-state index contributed by atoms with van der Waals surface area (Å²) in [4.78, 5) is 0. The van der Waals surface area contributed by atoms with Crippen LogP contribution in [-0.4, -0.2) is 25.4 Å². The third-order valence-electron chi connectivity index (χ3n) is 6.67. The van der Waals surface area contributed by atoms with Gasteiger partial charge in [0, 0.05) is 10.8 Å². The van der Waals surface area contributed by atoms with Crippen molar-refractivity contribution in [2.24, 2.45) is 0 Å². The predicted octanol–water partition coefficient (Wildman–Crippen LogP) is 5.80. The van der Waals surface area contributed by atoms with Gasteiger partial charge in [-0.1, -0.05) is 48.5 Å². The lowest BCUT2D eigenvalue weighted by atomic mass is 10.0. The SMILES string of the molecule is c1ccc2c3c(cc(C4OC4COCC4OC4c4cc5c(c6ccccc46)O5)c2c1)O3. The lowest BCUT2D eigenvalue weighted by Gasteiger charge is -2.02. The van der Waals surface area contributed by atoms with Crippen molar-refractivity contribution < 1.29 is 23.7 Å². The topological polar surface area (TPSA) is 59.4 Å². The van der Waals surface area contributed by atoms with Crippen LogP contribution in [0.4, 0.5) is 0 Å². The van der Waals surface area contributed by atoms with Crippen molar-refractivity contribution in [2.75, 3.05) is 13.2 Å². The quantitative estimate of drug-likeness (QED) is 0.325. The summed E-state index contributed by atoms with van der Waals surface area (Å²) in [6.45, 7) is 1.13. The normalized spacial score (nSPS) is 26.1. The molecule has 0 spiro atoms. The monoisotopic (exact) mass is 410 g/mol. The van der Waals surface area contributed by atoms with Crippen LogP contribution in [0, 0.1) is 0 Å². The first kappa shape index (κ1) is 16.6. The van der Waals surface area contributed by atoms with Crippen molar-refractivity contribution in [3.8, 4) is 23.0 Å². The van der Waals surface area contributed by atoms with Crippen LogP contribution in [0.5, 0.6) is 23.0 Å². The summed E-state index contributed by atoms with van der Waals surface area (Å²) in [6.07, 6.45) is 0.306. The average Bonchev–Trinajstić information content (AvgIpc) is 3.65. The van der Waals surface area contributed by atoms with Crippen molar-refractivity contribution in [1.29, 1.82) is 0 Å². The molecule has 4 aliphatic rings.